The number of nitrogens with two attached hydrogens (primary N) is 1. The summed E-state index contributed by atoms with van der Waals surface area (Å²) in [6.45, 7) is 5.66. The summed E-state index contributed by atoms with van der Waals surface area (Å²) < 4.78 is 29.1. The average molecular weight is 360 g/mol. The van der Waals surface area contributed by atoms with Crippen LogP contribution in [-0.4, -0.2) is 20.4 Å². The molecular weight excluding hydrogens is 340 g/mol. The number of anilines is 1. The van der Waals surface area contributed by atoms with Gasteiger partial charge >= 0.3 is 0 Å². The van der Waals surface area contributed by atoms with E-state index in [2.05, 4.69) is 12.2 Å². The van der Waals surface area contributed by atoms with Gasteiger partial charge in [0.05, 0.1) is 10.5 Å². The Bertz CT molecular complexity index is 954. The number of primary sulfonamides is 1. The van der Waals surface area contributed by atoms with Crippen LogP contribution in [0.25, 0.3) is 0 Å². The molecule has 0 spiro atoms. The zero-order chi connectivity index (χ0) is 18.4. The SMILES string of the molecule is Cc1ccc(NC(=O)c2cccc3c2OC(C)C3C)cc1S(N)(=O)=O. The van der Waals surface area contributed by atoms with Gasteiger partial charge in [-0.3, -0.25) is 4.79 Å². The monoisotopic (exact) mass is 360 g/mol. The molecule has 0 aromatic heterocycles. The summed E-state index contributed by atoms with van der Waals surface area (Å²) in [7, 11) is -3.86. The summed E-state index contributed by atoms with van der Waals surface area (Å²) in [5, 5.41) is 7.93. The molecule has 2 aromatic rings. The number of hydrogen-bond donors (Lipinski definition) is 2. The number of para-hydroxylation sites is 1. The van der Waals surface area contributed by atoms with Gasteiger partial charge in [0.1, 0.15) is 11.9 Å². The fraction of sp³-hybridized carbons (Fsp3) is 0.278. The summed E-state index contributed by atoms with van der Waals surface area (Å²) in [6.07, 6.45) is -0.00249. The molecule has 3 rings (SSSR count). The molecular formula is C18H20N2O4S. The largest absolute Gasteiger partial charge is 0.489 e. The normalized spacial score (nSPS) is 19.2. The second-order valence-electron chi connectivity index (χ2n) is 6.31. The summed E-state index contributed by atoms with van der Waals surface area (Å²) in [6, 6.07) is 10.1. The average Bonchev–Trinajstić information content (AvgIpc) is 2.83. The minimum Gasteiger partial charge on any atom is -0.489 e. The van der Waals surface area contributed by atoms with Gasteiger partial charge in [0.25, 0.3) is 5.91 Å². The number of aryl methyl sites for hydroxylation is 1. The van der Waals surface area contributed by atoms with Crippen LogP contribution in [-0.2, 0) is 10.0 Å². The smallest absolute Gasteiger partial charge is 0.259 e. The molecule has 7 heteroatoms. The van der Waals surface area contributed by atoms with Crippen molar-refractivity contribution in [2.75, 3.05) is 5.32 Å². The minimum atomic E-state index is -3.86. The van der Waals surface area contributed by atoms with E-state index in [1.165, 1.54) is 6.07 Å². The Morgan fingerprint density at radius 3 is 2.60 bits per heavy atom. The van der Waals surface area contributed by atoms with Crippen LogP contribution in [0.5, 0.6) is 5.75 Å². The fourth-order valence-electron chi connectivity index (χ4n) is 2.95. The van der Waals surface area contributed by atoms with E-state index < -0.39 is 10.0 Å². The van der Waals surface area contributed by atoms with Gasteiger partial charge < -0.3 is 10.1 Å². The van der Waals surface area contributed by atoms with Crippen LogP contribution in [0.2, 0.25) is 0 Å². The van der Waals surface area contributed by atoms with E-state index >= 15 is 0 Å². The Morgan fingerprint density at radius 1 is 1.20 bits per heavy atom. The van der Waals surface area contributed by atoms with E-state index in [0.717, 1.165) is 5.56 Å². The Balaban J connectivity index is 1.93. The van der Waals surface area contributed by atoms with Gasteiger partial charge in [-0.25, -0.2) is 13.6 Å². The van der Waals surface area contributed by atoms with Crippen molar-refractivity contribution in [3.05, 3.63) is 53.1 Å². The van der Waals surface area contributed by atoms with E-state index in [9.17, 15) is 13.2 Å². The van der Waals surface area contributed by atoms with E-state index in [-0.39, 0.29) is 22.8 Å². The summed E-state index contributed by atoms with van der Waals surface area (Å²) in [5.74, 6) is 0.428. The summed E-state index contributed by atoms with van der Waals surface area (Å²) >= 11 is 0. The number of sulfonamides is 1. The number of hydrogen-bond acceptors (Lipinski definition) is 4. The van der Waals surface area contributed by atoms with Gasteiger partial charge in [-0.2, -0.15) is 0 Å². The van der Waals surface area contributed by atoms with Gasteiger partial charge in [0.15, 0.2) is 0 Å². The van der Waals surface area contributed by atoms with Crippen LogP contribution in [0.1, 0.15) is 41.3 Å². The molecule has 0 radical (unpaired) electrons. The minimum absolute atomic E-state index is 0.00249. The first-order valence-electron chi connectivity index (χ1n) is 7.93. The molecule has 1 aliphatic heterocycles. The Kier molecular flexibility index (Phi) is 4.30. The van der Waals surface area contributed by atoms with Crippen molar-refractivity contribution in [2.45, 2.75) is 37.7 Å². The highest BCUT2D eigenvalue weighted by Gasteiger charge is 2.31. The molecule has 6 nitrogen and oxygen atoms in total. The predicted molar refractivity (Wildman–Crippen MR) is 95.5 cm³/mol. The summed E-state index contributed by atoms with van der Waals surface area (Å²) in [4.78, 5) is 12.6. The molecule has 25 heavy (non-hydrogen) atoms. The van der Waals surface area contributed by atoms with Crippen LogP contribution in [0.3, 0.4) is 0 Å². The van der Waals surface area contributed by atoms with Crippen molar-refractivity contribution >= 4 is 21.6 Å². The van der Waals surface area contributed by atoms with Gasteiger partial charge in [-0.05, 0) is 37.6 Å². The number of carbonyl (C=O) groups excluding carboxylic acids is 1. The van der Waals surface area contributed by atoms with E-state index in [0.29, 0.717) is 22.6 Å². The highest BCUT2D eigenvalue weighted by molar-refractivity contribution is 7.89. The van der Waals surface area contributed by atoms with Crippen LogP contribution in [0.4, 0.5) is 5.69 Å². The van der Waals surface area contributed by atoms with Crippen LogP contribution in [0.15, 0.2) is 41.3 Å². The molecule has 132 valence electrons. The highest BCUT2D eigenvalue weighted by atomic mass is 32.2. The van der Waals surface area contributed by atoms with Crippen molar-refractivity contribution in [3.63, 3.8) is 0 Å². The third-order valence-electron chi connectivity index (χ3n) is 4.54. The molecule has 0 fully saturated rings. The first-order valence-corrected chi connectivity index (χ1v) is 9.47. The number of carbonyl (C=O) groups is 1. The van der Waals surface area contributed by atoms with Crippen molar-refractivity contribution in [3.8, 4) is 5.75 Å². The van der Waals surface area contributed by atoms with Crippen molar-refractivity contribution in [1.29, 1.82) is 0 Å². The van der Waals surface area contributed by atoms with Crippen LogP contribution >= 0.6 is 0 Å². The van der Waals surface area contributed by atoms with Gasteiger partial charge in [0.2, 0.25) is 10.0 Å². The number of rotatable bonds is 3. The molecule has 0 saturated carbocycles. The third kappa shape index (κ3) is 3.25. The molecule has 0 bridgehead atoms. The molecule has 3 N–H and O–H groups in total. The molecule has 0 saturated heterocycles. The Hall–Kier alpha value is -2.38. The van der Waals surface area contributed by atoms with Crippen molar-refractivity contribution in [1.82, 2.24) is 0 Å². The third-order valence-corrected chi connectivity index (χ3v) is 5.59. The molecule has 0 aliphatic carbocycles. The number of amides is 1. The topological polar surface area (TPSA) is 98.5 Å². The molecule has 2 atom stereocenters. The quantitative estimate of drug-likeness (QED) is 0.879. The number of benzene rings is 2. The highest BCUT2D eigenvalue weighted by Crippen LogP contribution is 2.40. The standard InChI is InChI=1S/C18H20N2O4S/c1-10-7-8-13(9-16(10)25(19,22)23)20-18(21)15-6-4-5-14-11(2)12(3)24-17(14)15/h4-9,11-12H,1-3H3,(H,20,21)(H2,19,22,23). The predicted octanol–water partition coefficient (Wildman–Crippen LogP) is 2.78. The van der Waals surface area contributed by atoms with E-state index in [1.54, 1.807) is 25.1 Å². The molecule has 2 aromatic carbocycles. The lowest BCUT2D eigenvalue weighted by atomic mass is 9.97. The van der Waals surface area contributed by atoms with Crippen LogP contribution in [0, 0.1) is 6.92 Å². The van der Waals surface area contributed by atoms with Gasteiger partial charge in [0, 0.05) is 17.2 Å². The first kappa shape index (κ1) is 17.4. The maximum Gasteiger partial charge on any atom is 0.259 e. The second-order valence-corrected chi connectivity index (χ2v) is 7.84. The summed E-state index contributed by atoms with van der Waals surface area (Å²) in [5.41, 5.74) is 2.30. The maximum absolute atomic E-state index is 12.7. The first-order chi connectivity index (χ1) is 11.7. The zero-order valence-electron chi connectivity index (χ0n) is 14.2. The molecule has 1 amide bonds. The van der Waals surface area contributed by atoms with Gasteiger partial charge in [-0.1, -0.05) is 25.1 Å². The number of ether oxygens (including phenoxy) is 1. The Labute approximate surface area is 147 Å². The number of fused-ring (bicyclic) bond motifs is 1. The van der Waals surface area contributed by atoms with Crippen molar-refractivity contribution in [2.24, 2.45) is 5.14 Å². The Morgan fingerprint density at radius 2 is 1.92 bits per heavy atom. The van der Waals surface area contributed by atoms with E-state index in [4.69, 9.17) is 9.88 Å². The van der Waals surface area contributed by atoms with E-state index in [1.807, 2.05) is 19.1 Å². The molecule has 2 unspecified atom stereocenters. The van der Waals surface area contributed by atoms with Crippen LogP contribution < -0.4 is 15.2 Å². The lowest BCUT2D eigenvalue weighted by Gasteiger charge is -2.11. The van der Waals surface area contributed by atoms with Crippen molar-refractivity contribution < 1.29 is 17.9 Å². The lowest BCUT2D eigenvalue weighted by Crippen LogP contribution is -2.16. The zero-order valence-corrected chi connectivity index (χ0v) is 15.1. The second kappa shape index (κ2) is 6.16. The maximum atomic E-state index is 12.7. The fourth-order valence-corrected chi connectivity index (χ4v) is 3.76. The lowest BCUT2D eigenvalue weighted by molar-refractivity contribution is 0.102. The number of nitrogens with one attached hydrogen (secondary N) is 1. The molecule has 1 aliphatic rings. The van der Waals surface area contributed by atoms with Gasteiger partial charge in [-0.15, -0.1) is 0 Å². The molecule has 1 heterocycles.